The zero-order valence-electron chi connectivity index (χ0n) is 32.4. The summed E-state index contributed by atoms with van der Waals surface area (Å²) in [6, 6.07) is 64.9. The van der Waals surface area contributed by atoms with E-state index in [1.165, 1.54) is 49.2 Å². The van der Waals surface area contributed by atoms with Gasteiger partial charge >= 0.3 is 0 Å². The lowest BCUT2D eigenvalue weighted by Gasteiger charge is -2.20. The molecule has 0 radical (unpaired) electrons. The molecule has 0 atom stereocenters. The van der Waals surface area contributed by atoms with Crippen LogP contribution in [0.3, 0.4) is 0 Å². The second-order valence-corrected chi connectivity index (χ2v) is 15.9. The lowest BCUT2D eigenvalue weighted by molar-refractivity contribution is 0.668. The smallest absolute Gasteiger partial charge is 0.164 e. The summed E-state index contributed by atoms with van der Waals surface area (Å²) in [6.45, 7) is 0. The van der Waals surface area contributed by atoms with Gasteiger partial charge in [0.25, 0.3) is 0 Å². The van der Waals surface area contributed by atoms with Gasteiger partial charge < -0.3 is 8.98 Å². The number of fused-ring (bicyclic) bond motifs is 11. The molecule has 12 aromatic rings. The van der Waals surface area contributed by atoms with E-state index in [0.717, 1.165) is 73.6 Å². The van der Waals surface area contributed by atoms with E-state index in [9.17, 15) is 0 Å². The third-order valence-electron chi connectivity index (χ3n) is 12.5. The molecule has 0 amide bonds. The lowest BCUT2D eigenvalue weighted by Crippen LogP contribution is -2.05. The molecule has 3 aromatic heterocycles. The second kappa shape index (κ2) is 12.8. The highest BCUT2D eigenvalue weighted by molar-refractivity contribution is 6.16. The predicted molar refractivity (Wildman–Crippen MR) is 246 cm³/mol. The van der Waals surface area contributed by atoms with E-state index in [-0.39, 0.29) is 0 Å². The van der Waals surface area contributed by atoms with E-state index in [2.05, 4.69) is 174 Å². The fraction of sp³-hybridized carbons (Fsp3) is 0.0364. The molecule has 5 heteroatoms. The van der Waals surface area contributed by atoms with Gasteiger partial charge in [-0.15, -0.1) is 0 Å². The van der Waals surface area contributed by atoms with Gasteiger partial charge in [-0.05, 0) is 99.1 Å². The summed E-state index contributed by atoms with van der Waals surface area (Å²) in [5, 5.41) is 9.10. The number of aryl methyl sites for hydroxylation is 2. The normalized spacial score (nSPS) is 12.5. The Balaban J connectivity index is 1.09. The highest BCUT2D eigenvalue weighted by Gasteiger charge is 2.23. The van der Waals surface area contributed by atoms with Gasteiger partial charge in [0.15, 0.2) is 17.5 Å². The van der Waals surface area contributed by atoms with Gasteiger partial charge in [-0.25, -0.2) is 15.0 Å². The van der Waals surface area contributed by atoms with Crippen molar-refractivity contribution in [3.05, 3.63) is 193 Å². The summed E-state index contributed by atoms with van der Waals surface area (Å²) in [5.41, 5.74) is 12.9. The van der Waals surface area contributed by atoms with Gasteiger partial charge in [-0.3, -0.25) is 0 Å². The van der Waals surface area contributed by atoms with E-state index in [1.54, 1.807) is 0 Å². The van der Waals surface area contributed by atoms with Gasteiger partial charge in [0.1, 0.15) is 11.2 Å². The zero-order chi connectivity index (χ0) is 39.3. The minimum absolute atomic E-state index is 0.593. The van der Waals surface area contributed by atoms with Gasteiger partial charge in [0.05, 0.1) is 16.7 Å². The number of benzene rings is 9. The number of hydrogen-bond acceptors (Lipinski definition) is 4. The van der Waals surface area contributed by atoms with Crippen LogP contribution in [-0.2, 0) is 12.8 Å². The Labute approximate surface area is 344 Å². The van der Waals surface area contributed by atoms with E-state index in [4.69, 9.17) is 19.4 Å². The molecule has 13 rings (SSSR count). The fourth-order valence-corrected chi connectivity index (χ4v) is 9.63. The first-order valence-electron chi connectivity index (χ1n) is 20.6. The van der Waals surface area contributed by atoms with Crippen molar-refractivity contribution < 1.29 is 4.42 Å². The third kappa shape index (κ3) is 5.09. The molecule has 1 aliphatic carbocycles. The Morgan fingerprint density at radius 2 is 1.02 bits per heavy atom. The molecular weight excluding hydrogens is 733 g/mol. The molecule has 5 nitrogen and oxygen atoms in total. The van der Waals surface area contributed by atoms with Crippen LogP contribution in [0.15, 0.2) is 186 Å². The van der Waals surface area contributed by atoms with Crippen LogP contribution in [0.1, 0.15) is 11.1 Å². The largest absolute Gasteiger partial charge is 0.456 e. The maximum Gasteiger partial charge on any atom is 0.164 e. The summed E-state index contributed by atoms with van der Waals surface area (Å²) >= 11 is 0. The van der Waals surface area contributed by atoms with Crippen LogP contribution in [-0.4, -0.2) is 19.5 Å². The molecule has 0 unspecified atom stereocenters. The summed E-state index contributed by atoms with van der Waals surface area (Å²) in [4.78, 5) is 16.0. The topological polar surface area (TPSA) is 56.7 Å². The predicted octanol–water partition coefficient (Wildman–Crippen LogP) is 13.9. The van der Waals surface area contributed by atoms with Crippen molar-refractivity contribution in [1.82, 2.24) is 19.5 Å². The number of para-hydroxylation sites is 2. The highest BCUT2D eigenvalue weighted by atomic mass is 16.3. The molecule has 3 heterocycles. The number of aromatic nitrogens is 4. The van der Waals surface area contributed by atoms with Crippen molar-refractivity contribution in [2.75, 3.05) is 0 Å². The Morgan fingerprint density at radius 3 is 1.88 bits per heavy atom. The quantitative estimate of drug-likeness (QED) is 0.179. The zero-order valence-corrected chi connectivity index (χ0v) is 32.4. The number of nitrogens with zero attached hydrogens (tertiary/aromatic N) is 4. The van der Waals surface area contributed by atoms with Crippen LogP contribution < -0.4 is 0 Å². The van der Waals surface area contributed by atoms with Gasteiger partial charge in [-0.1, -0.05) is 133 Å². The van der Waals surface area contributed by atoms with Crippen molar-refractivity contribution in [2.24, 2.45) is 0 Å². The standard InChI is InChI=1S/C55H34N4O/c1-2-13-35-27-39(24-21-33(35)11-1)53-56-54(40-25-26-43-38(28-40)23-22-34-12-5-6-16-42(34)43)58-55(57-53)47-31-41(32-51-52(47)45-18-8-10-20-50(45)60-51)59-48-19-9-7-17-44(48)46-29-36-14-3-4-15-37(36)30-49(46)59/h1-21,24-32H,22-23H2. The summed E-state index contributed by atoms with van der Waals surface area (Å²) in [6.07, 6.45) is 1.97. The van der Waals surface area contributed by atoms with Crippen LogP contribution in [0.25, 0.3) is 116 Å². The summed E-state index contributed by atoms with van der Waals surface area (Å²) in [5.74, 6) is 1.86. The minimum atomic E-state index is 0.593. The molecule has 280 valence electrons. The fourth-order valence-electron chi connectivity index (χ4n) is 9.63. The van der Waals surface area contributed by atoms with Gasteiger partial charge in [0.2, 0.25) is 0 Å². The van der Waals surface area contributed by atoms with Crippen molar-refractivity contribution in [3.63, 3.8) is 0 Å². The van der Waals surface area contributed by atoms with Crippen LogP contribution in [0.5, 0.6) is 0 Å². The summed E-state index contributed by atoms with van der Waals surface area (Å²) in [7, 11) is 0. The Kier molecular flexibility index (Phi) is 7.07. The number of hydrogen-bond donors (Lipinski definition) is 0. The van der Waals surface area contributed by atoms with E-state index in [1.807, 2.05) is 12.1 Å². The molecule has 60 heavy (non-hydrogen) atoms. The molecule has 0 spiro atoms. The van der Waals surface area contributed by atoms with Gasteiger partial charge in [-0.2, -0.15) is 0 Å². The van der Waals surface area contributed by atoms with E-state index >= 15 is 0 Å². The SMILES string of the molecule is c1ccc2c(c1)CCc1cc(-c3nc(-c4ccc5ccccc5c4)nc(-c4cc(-n5c6ccccc6c6cc7ccccc7cc65)cc5oc6ccccc6c45)n3)ccc1-2. The number of furan rings is 1. The van der Waals surface area contributed by atoms with Crippen LogP contribution in [0, 0.1) is 0 Å². The molecule has 1 aliphatic rings. The molecule has 9 aromatic carbocycles. The van der Waals surface area contributed by atoms with Crippen molar-refractivity contribution >= 4 is 65.3 Å². The lowest BCUT2D eigenvalue weighted by atomic mass is 9.85. The van der Waals surface area contributed by atoms with Crippen LogP contribution >= 0.6 is 0 Å². The van der Waals surface area contributed by atoms with Crippen LogP contribution in [0.4, 0.5) is 0 Å². The first-order chi connectivity index (χ1) is 29.7. The molecule has 0 fully saturated rings. The van der Waals surface area contributed by atoms with E-state index < -0.39 is 0 Å². The Hall–Kier alpha value is -7.89. The second-order valence-electron chi connectivity index (χ2n) is 15.9. The van der Waals surface area contributed by atoms with Crippen LogP contribution in [0.2, 0.25) is 0 Å². The minimum Gasteiger partial charge on any atom is -0.456 e. The maximum absolute atomic E-state index is 6.73. The average Bonchev–Trinajstić information content (AvgIpc) is 3.85. The Bertz CT molecular complexity index is 3740. The molecule has 0 aliphatic heterocycles. The average molecular weight is 767 g/mol. The molecular formula is C55H34N4O. The highest BCUT2D eigenvalue weighted by Crippen LogP contribution is 2.42. The molecule has 0 bridgehead atoms. The first-order valence-corrected chi connectivity index (χ1v) is 20.6. The monoisotopic (exact) mass is 766 g/mol. The third-order valence-corrected chi connectivity index (χ3v) is 12.5. The van der Waals surface area contributed by atoms with E-state index in [0.29, 0.717) is 17.5 Å². The van der Waals surface area contributed by atoms with Crippen molar-refractivity contribution in [2.45, 2.75) is 12.8 Å². The van der Waals surface area contributed by atoms with Gasteiger partial charge in [0, 0.05) is 44.3 Å². The summed E-state index contributed by atoms with van der Waals surface area (Å²) < 4.78 is 9.09. The van der Waals surface area contributed by atoms with Crippen molar-refractivity contribution in [1.29, 1.82) is 0 Å². The molecule has 0 N–H and O–H groups in total. The maximum atomic E-state index is 6.73. The number of rotatable bonds is 4. The molecule has 0 saturated carbocycles. The van der Waals surface area contributed by atoms with Crippen molar-refractivity contribution in [3.8, 4) is 51.0 Å². The first kappa shape index (κ1) is 33.1. The molecule has 0 saturated heterocycles. The Morgan fingerprint density at radius 1 is 0.383 bits per heavy atom.